The van der Waals surface area contributed by atoms with Crippen LogP contribution >= 0.6 is 0 Å². The molecule has 0 spiro atoms. The second-order valence-corrected chi connectivity index (χ2v) is 7.78. The molecule has 1 aromatic heterocycles. The Morgan fingerprint density at radius 2 is 2.00 bits per heavy atom. The van der Waals surface area contributed by atoms with Crippen molar-refractivity contribution in [3.05, 3.63) is 40.8 Å². The molecule has 0 atom stereocenters. The van der Waals surface area contributed by atoms with E-state index in [1.54, 1.807) is 20.2 Å². The summed E-state index contributed by atoms with van der Waals surface area (Å²) in [5, 5.41) is 0.712. The maximum absolute atomic E-state index is 15.3. The zero-order valence-electron chi connectivity index (χ0n) is 15.9. The first kappa shape index (κ1) is 17.8. The Morgan fingerprint density at radius 1 is 1.26 bits per heavy atom. The van der Waals surface area contributed by atoms with E-state index < -0.39 is 0 Å². The van der Waals surface area contributed by atoms with Crippen molar-refractivity contribution in [3.8, 4) is 0 Å². The van der Waals surface area contributed by atoms with Crippen molar-refractivity contribution in [2.45, 2.75) is 26.2 Å². The van der Waals surface area contributed by atoms with E-state index in [-0.39, 0.29) is 23.5 Å². The average Bonchev–Trinajstić information content (AvgIpc) is 3.41. The highest BCUT2D eigenvalue weighted by atomic mass is 19.1. The minimum atomic E-state index is -0.361. The van der Waals surface area contributed by atoms with E-state index in [4.69, 9.17) is 0 Å². The Kier molecular flexibility index (Phi) is 4.29. The number of amides is 2. The third-order valence-electron chi connectivity index (χ3n) is 5.43. The quantitative estimate of drug-likeness (QED) is 0.902. The number of nitrogens with one attached hydrogen (secondary N) is 1. The fourth-order valence-corrected chi connectivity index (χ4v) is 3.74. The van der Waals surface area contributed by atoms with E-state index in [1.807, 2.05) is 24.0 Å². The summed E-state index contributed by atoms with van der Waals surface area (Å²) in [7, 11) is 3.33. The van der Waals surface area contributed by atoms with Crippen LogP contribution in [0.5, 0.6) is 0 Å². The van der Waals surface area contributed by atoms with Crippen molar-refractivity contribution in [3.63, 3.8) is 0 Å². The van der Waals surface area contributed by atoms with E-state index in [9.17, 15) is 9.59 Å². The topological polar surface area (TPSA) is 56.4 Å². The highest BCUT2D eigenvalue weighted by Gasteiger charge is 2.34. The van der Waals surface area contributed by atoms with Crippen molar-refractivity contribution >= 4 is 28.3 Å². The van der Waals surface area contributed by atoms with Gasteiger partial charge in [-0.05, 0) is 49.5 Å². The van der Waals surface area contributed by atoms with Crippen LogP contribution < -0.4 is 0 Å². The molecule has 1 fully saturated rings. The molecule has 5 nitrogen and oxygen atoms in total. The summed E-state index contributed by atoms with van der Waals surface area (Å²) < 4.78 is 15.3. The van der Waals surface area contributed by atoms with Crippen LogP contribution in [0, 0.1) is 18.7 Å². The van der Waals surface area contributed by atoms with Crippen LogP contribution in [0.25, 0.3) is 16.5 Å². The Hall–Kier alpha value is -2.63. The Balaban J connectivity index is 1.71. The molecule has 2 heterocycles. The first-order valence-electron chi connectivity index (χ1n) is 9.38. The van der Waals surface area contributed by atoms with E-state index in [1.165, 1.54) is 4.90 Å². The first-order valence-corrected chi connectivity index (χ1v) is 9.38. The molecule has 1 N–H and O–H groups in total. The first-order chi connectivity index (χ1) is 12.9. The lowest BCUT2D eigenvalue weighted by atomic mass is 9.96. The van der Waals surface area contributed by atoms with Gasteiger partial charge in [-0.2, -0.15) is 0 Å². The minimum absolute atomic E-state index is 0.168. The summed E-state index contributed by atoms with van der Waals surface area (Å²) in [5.41, 5.74) is 2.98. The highest BCUT2D eigenvalue weighted by molar-refractivity contribution is 5.99. The summed E-state index contributed by atoms with van der Waals surface area (Å²) >= 11 is 0. The molecule has 0 bridgehead atoms. The molecular formula is C21H24FN3O2. The fourth-order valence-electron chi connectivity index (χ4n) is 3.74. The summed E-state index contributed by atoms with van der Waals surface area (Å²) in [6, 6.07) is 3.53. The molecule has 1 aromatic carbocycles. The lowest BCUT2D eigenvalue weighted by molar-refractivity contribution is -0.132. The van der Waals surface area contributed by atoms with Crippen molar-refractivity contribution < 1.29 is 14.0 Å². The molecule has 6 heteroatoms. The maximum atomic E-state index is 15.3. The molecule has 0 radical (unpaired) electrons. The van der Waals surface area contributed by atoms with Gasteiger partial charge >= 0.3 is 0 Å². The summed E-state index contributed by atoms with van der Waals surface area (Å²) in [6.07, 6.45) is 4.70. The van der Waals surface area contributed by atoms with Gasteiger partial charge in [0.1, 0.15) is 5.69 Å². The molecule has 1 aliphatic heterocycles. The van der Waals surface area contributed by atoms with Gasteiger partial charge in [0.05, 0.1) is 5.52 Å². The molecule has 1 aliphatic carbocycles. The van der Waals surface area contributed by atoms with Crippen LogP contribution in [0.3, 0.4) is 0 Å². The molecule has 142 valence electrons. The van der Waals surface area contributed by atoms with Gasteiger partial charge in [0.15, 0.2) is 5.82 Å². The zero-order chi connectivity index (χ0) is 19.3. The number of fused-ring (bicyclic) bond motifs is 1. The number of aromatic amines is 1. The van der Waals surface area contributed by atoms with Gasteiger partial charge in [-0.3, -0.25) is 9.59 Å². The van der Waals surface area contributed by atoms with Gasteiger partial charge in [-0.25, -0.2) is 4.39 Å². The van der Waals surface area contributed by atoms with Crippen LogP contribution in [0.1, 0.15) is 40.9 Å². The summed E-state index contributed by atoms with van der Waals surface area (Å²) in [6.45, 7) is 3.06. The largest absolute Gasteiger partial charge is 0.348 e. The standard InChI is InChI=1S/C21H24FN3O2/c1-12-9-16(14-5-4-8-25(11-14)20(26)13-6-7-13)18(22)19-15(12)10-17(23-19)21(27)24(2)3/h5,9-10,13,23H,4,6-8,11H2,1-3H3. The van der Waals surface area contributed by atoms with Gasteiger partial charge in [0.2, 0.25) is 5.91 Å². The Morgan fingerprint density at radius 3 is 2.67 bits per heavy atom. The number of rotatable bonds is 3. The maximum Gasteiger partial charge on any atom is 0.269 e. The number of benzene rings is 1. The van der Waals surface area contributed by atoms with Crippen LogP contribution in [0.4, 0.5) is 4.39 Å². The number of nitrogens with zero attached hydrogens (tertiary/aromatic N) is 2. The number of aryl methyl sites for hydroxylation is 1. The van der Waals surface area contributed by atoms with Gasteiger partial charge < -0.3 is 14.8 Å². The molecular weight excluding hydrogens is 345 g/mol. The number of halogens is 1. The van der Waals surface area contributed by atoms with Crippen molar-refractivity contribution in [2.24, 2.45) is 5.92 Å². The highest BCUT2D eigenvalue weighted by Crippen LogP contribution is 2.35. The number of H-pyrrole nitrogens is 1. The minimum Gasteiger partial charge on any atom is -0.348 e. The number of aromatic nitrogens is 1. The van der Waals surface area contributed by atoms with E-state index >= 15 is 4.39 Å². The fraction of sp³-hybridized carbons (Fsp3) is 0.429. The van der Waals surface area contributed by atoms with E-state index in [0.717, 1.165) is 30.4 Å². The van der Waals surface area contributed by atoms with E-state index in [2.05, 4.69) is 4.98 Å². The SMILES string of the molecule is Cc1cc(C2=CCCN(C(=O)C3CC3)C2)c(F)c2[nH]c(C(=O)N(C)C)cc12. The van der Waals surface area contributed by atoms with Crippen molar-refractivity contribution in [1.29, 1.82) is 0 Å². The van der Waals surface area contributed by atoms with Crippen molar-refractivity contribution in [2.75, 3.05) is 27.2 Å². The van der Waals surface area contributed by atoms with Crippen LogP contribution in [0.15, 0.2) is 18.2 Å². The lowest BCUT2D eigenvalue weighted by Gasteiger charge is -2.28. The van der Waals surface area contributed by atoms with Crippen molar-refractivity contribution in [1.82, 2.24) is 14.8 Å². The molecule has 27 heavy (non-hydrogen) atoms. The van der Waals surface area contributed by atoms with Gasteiger partial charge in [-0.15, -0.1) is 0 Å². The molecule has 2 aromatic rings. The predicted molar refractivity (Wildman–Crippen MR) is 103 cm³/mol. The number of carbonyl (C=O) groups excluding carboxylic acids is 2. The predicted octanol–water partition coefficient (Wildman–Crippen LogP) is 3.34. The normalized spacial score (nSPS) is 17.2. The number of carbonyl (C=O) groups is 2. The number of hydrogen-bond donors (Lipinski definition) is 1. The average molecular weight is 369 g/mol. The second-order valence-electron chi connectivity index (χ2n) is 7.78. The van der Waals surface area contributed by atoms with Gasteiger partial charge in [0, 0.05) is 44.1 Å². The van der Waals surface area contributed by atoms with Gasteiger partial charge in [-0.1, -0.05) is 6.08 Å². The third-order valence-corrected chi connectivity index (χ3v) is 5.43. The molecule has 0 saturated heterocycles. The summed E-state index contributed by atoms with van der Waals surface area (Å²) in [5.74, 6) is -0.191. The van der Waals surface area contributed by atoms with Gasteiger partial charge in [0.25, 0.3) is 5.91 Å². The third kappa shape index (κ3) is 3.13. The van der Waals surface area contributed by atoms with Crippen LogP contribution in [-0.4, -0.2) is 53.8 Å². The Bertz CT molecular complexity index is 969. The lowest BCUT2D eigenvalue weighted by Crippen LogP contribution is -2.36. The smallest absolute Gasteiger partial charge is 0.269 e. The molecule has 0 unspecified atom stereocenters. The molecule has 4 rings (SSSR count). The summed E-state index contributed by atoms with van der Waals surface area (Å²) in [4.78, 5) is 30.9. The van der Waals surface area contributed by atoms with E-state index in [0.29, 0.717) is 35.2 Å². The molecule has 1 saturated carbocycles. The molecule has 2 aliphatic rings. The second kappa shape index (κ2) is 6.51. The van der Waals surface area contributed by atoms with Crippen LogP contribution in [-0.2, 0) is 4.79 Å². The zero-order valence-corrected chi connectivity index (χ0v) is 15.9. The molecule has 2 amide bonds. The number of hydrogen-bond acceptors (Lipinski definition) is 2. The van der Waals surface area contributed by atoms with Crippen LogP contribution in [0.2, 0.25) is 0 Å². The monoisotopic (exact) mass is 369 g/mol. The Labute approximate surface area is 157 Å².